The molecule has 0 amide bonds. The van der Waals surface area contributed by atoms with E-state index in [4.69, 9.17) is 0 Å². The van der Waals surface area contributed by atoms with Crippen LogP contribution in [0.3, 0.4) is 0 Å². The highest BCUT2D eigenvalue weighted by Crippen LogP contribution is 1.92. The van der Waals surface area contributed by atoms with E-state index in [1.807, 2.05) is 13.1 Å². The fraction of sp³-hybridized carbons (Fsp3) is 0.667. The number of hydrogen-bond acceptors (Lipinski definition) is 3. The highest BCUT2D eigenvalue weighted by molar-refractivity contribution is 4.99. The van der Waals surface area contributed by atoms with Gasteiger partial charge in [0, 0.05) is 18.9 Å². The molecule has 0 aliphatic rings. The highest BCUT2D eigenvalue weighted by atomic mass is 16.1. The van der Waals surface area contributed by atoms with E-state index in [2.05, 4.69) is 24.1 Å². The Kier molecular flexibility index (Phi) is 5.19. The Balaban J connectivity index is 2.32. The van der Waals surface area contributed by atoms with Gasteiger partial charge in [-0.25, -0.2) is 9.78 Å². The zero-order chi connectivity index (χ0) is 12.0. The molecular weight excluding hydrogens is 202 g/mol. The minimum absolute atomic E-state index is 0.158. The first-order valence-corrected chi connectivity index (χ1v) is 5.83. The van der Waals surface area contributed by atoms with Gasteiger partial charge in [0.05, 0.1) is 0 Å². The largest absolute Gasteiger partial charge is 0.347 e. The quantitative estimate of drug-likeness (QED) is 0.737. The number of nitrogens with zero attached hydrogens (tertiary/aromatic N) is 2. The van der Waals surface area contributed by atoms with Gasteiger partial charge < -0.3 is 5.32 Å². The van der Waals surface area contributed by atoms with Gasteiger partial charge in [-0.1, -0.05) is 13.8 Å². The molecule has 0 aliphatic heterocycles. The van der Waals surface area contributed by atoms with Crippen LogP contribution in [0.5, 0.6) is 0 Å². The molecule has 0 bridgehead atoms. The normalized spacial score (nSPS) is 11.0. The number of aromatic nitrogens is 2. The van der Waals surface area contributed by atoms with Crippen molar-refractivity contribution in [3.63, 3.8) is 0 Å². The zero-order valence-corrected chi connectivity index (χ0v) is 10.4. The third-order valence-corrected chi connectivity index (χ3v) is 2.29. The summed E-state index contributed by atoms with van der Waals surface area (Å²) in [5.41, 5.74) is 0.865. The van der Waals surface area contributed by atoms with E-state index in [9.17, 15) is 4.79 Å². The molecule has 0 aromatic carbocycles. The summed E-state index contributed by atoms with van der Waals surface area (Å²) in [7, 11) is 0. The first-order valence-electron chi connectivity index (χ1n) is 5.83. The van der Waals surface area contributed by atoms with E-state index >= 15 is 0 Å². The molecule has 0 fully saturated rings. The minimum atomic E-state index is -0.158. The maximum Gasteiger partial charge on any atom is 0.347 e. The van der Waals surface area contributed by atoms with Crippen molar-refractivity contribution < 1.29 is 0 Å². The summed E-state index contributed by atoms with van der Waals surface area (Å²) in [6.45, 7) is 9.02. The molecule has 0 saturated heterocycles. The summed E-state index contributed by atoms with van der Waals surface area (Å²) >= 11 is 0. The van der Waals surface area contributed by atoms with E-state index < -0.39 is 0 Å². The van der Waals surface area contributed by atoms with Gasteiger partial charge in [0.2, 0.25) is 0 Å². The van der Waals surface area contributed by atoms with Crippen LogP contribution in [0.25, 0.3) is 0 Å². The SMILES string of the molecule is Cc1cnc(=O)n(CCCNCC(C)C)c1. The summed E-state index contributed by atoms with van der Waals surface area (Å²) in [4.78, 5) is 15.2. The lowest BCUT2D eigenvalue weighted by atomic mass is 10.2. The van der Waals surface area contributed by atoms with Gasteiger partial charge in [0.1, 0.15) is 0 Å². The maximum absolute atomic E-state index is 11.4. The van der Waals surface area contributed by atoms with Crippen molar-refractivity contribution >= 4 is 0 Å². The lowest BCUT2D eigenvalue weighted by Gasteiger charge is -2.08. The first-order chi connectivity index (χ1) is 7.59. The van der Waals surface area contributed by atoms with Gasteiger partial charge in [0.25, 0.3) is 0 Å². The van der Waals surface area contributed by atoms with Gasteiger partial charge in [-0.2, -0.15) is 0 Å². The Morgan fingerprint density at radius 1 is 1.50 bits per heavy atom. The van der Waals surface area contributed by atoms with E-state index in [0.29, 0.717) is 5.92 Å². The van der Waals surface area contributed by atoms with Gasteiger partial charge in [-0.15, -0.1) is 0 Å². The fourth-order valence-corrected chi connectivity index (χ4v) is 1.49. The van der Waals surface area contributed by atoms with Crippen LogP contribution in [-0.2, 0) is 6.54 Å². The van der Waals surface area contributed by atoms with Crippen LogP contribution >= 0.6 is 0 Å². The number of aryl methyl sites for hydroxylation is 2. The standard InChI is InChI=1S/C12H21N3O/c1-10(2)7-13-5-4-6-15-9-11(3)8-14-12(15)16/h8-10,13H,4-7H2,1-3H3. The van der Waals surface area contributed by atoms with Crippen molar-refractivity contribution in [1.29, 1.82) is 0 Å². The summed E-state index contributed by atoms with van der Waals surface area (Å²) in [5.74, 6) is 0.670. The van der Waals surface area contributed by atoms with E-state index in [-0.39, 0.29) is 5.69 Å². The molecule has 1 N–H and O–H groups in total. The van der Waals surface area contributed by atoms with Crippen LogP contribution in [0.2, 0.25) is 0 Å². The second kappa shape index (κ2) is 6.43. The Morgan fingerprint density at radius 2 is 2.25 bits per heavy atom. The van der Waals surface area contributed by atoms with Crippen molar-refractivity contribution in [2.24, 2.45) is 5.92 Å². The Morgan fingerprint density at radius 3 is 2.94 bits per heavy atom. The molecule has 1 aromatic rings. The Bertz CT molecular complexity index is 371. The molecule has 90 valence electrons. The molecule has 4 heteroatoms. The first kappa shape index (κ1) is 12.9. The summed E-state index contributed by atoms with van der Waals surface area (Å²) < 4.78 is 1.67. The van der Waals surface area contributed by atoms with Crippen molar-refractivity contribution in [2.45, 2.75) is 33.7 Å². The third kappa shape index (κ3) is 4.57. The molecule has 0 aliphatic carbocycles. The molecule has 0 atom stereocenters. The van der Waals surface area contributed by atoms with E-state index in [1.165, 1.54) is 0 Å². The third-order valence-electron chi connectivity index (χ3n) is 2.29. The van der Waals surface area contributed by atoms with Crippen LogP contribution < -0.4 is 11.0 Å². The molecule has 0 spiro atoms. The van der Waals surface area contributed by atoms with E-state index in [1.54, 1.807) is 10.8 Å². The van der Waals surface area contributed by atoms with Gasteiger partial charge in [-0.05, 0) is 37.9 Å². The molecule has 0 radical (unpaired) electrons. The summed E-state index contributed by atoms with van der Waals surface area (Å²) in [5, 5.41) is 3.35. The Labute approximate surface area is 96.7 Å². The molecule has 4 nitrogen and oxygen atoms in total. The number of nitrogens with one attached hydrogen (secondary N) is 1. The predicted molar refractivity (Wildman–Crippen MR) is 65.6 cm³/mol. The number of rotatable bonds is 6. The minimum Gasteiger partial charge on any atom is -0.316 e. The molecular formula is C12H21N3O. The molecule has 0 saturated carbocycles. The average Bonchev–Trinajstić information content (AvgIpc) is 2.22. The van der Waals surface area contributed by atoms with Crippen LogP contribution in [0, 0.1) is 12.8 Å². The second-order valence-corrected chi connectivity index (χ2v) is 4.56. The molecule has 0 unspecified atom stereocenters. The average molecular weight is 223 g/mol. The molecule has 16 heavy (non-hydrogen) atoms. The van der Waals surface area contributed by atoms with Crippen molar-refractivity contribution in [2.75, 3.05) is 13.1 Å². The Hall–Kier alpha value is -1.16. The van der Waals surface area contributed by atoms with Crippen molar-refractivity contribution in [3.05, 3.63) is 28.4 Å². The van der Waals surface area contributed by atoms with Gasteiger partial charge >= 0.3 is 5.69 Å². The molecule has 1 aromatic heterocycles. The monoisotopic (exact) mass is 223 g/mol. The van der Waals surface area contributed by atoms with Crippen molar-refractivity contribution in [1.82, 2.24) is 14.9 Å². The summed E-state index contributed by atoms with van der Waals surface area (Å²) in [6.07, 6.45) is 4.42. The smallest absolute Gasteiger partial charge is 0.316 e. The van der Waals surface area contributed by atoms with Crippen LogP contribution in [0.15, 0.2) is 17.2 Å². The van der Waals surface area contributed by atoms with Crippen LogP contribution in [0.1, 0.15) is 25.8 Å². The zero-order valence-electron chi connectivity index (χ0n) is 10.4. The molecule has 1 rings (SSSR count). The predicted octanol–water partition coefficient (Wildman–Crippen LogP) is 1.19. The lowest BCUT2D eigenvalue weighted by molar-refractivity contribution is 0.514. The van der Waals surface area contributed by atoms with Crippen LogP contribution in [0.4, 0.5) is 0 Å². The second-order valence-electron chi connectivity index (χ2n) is 4.56. The summed E-state index contributed by atoms with van der Waals surface area (Å²) in [6, 6.07) is 0. The van der Waals surface area contributed by atoms with Crippen molar-refractivity contribution in [3.8, 4) is 0 Å². The van der Waals surface area contributed by atoms with Gasteiger partial charge in [-0.3, -0.25) is 4.57 Å². The maximum atomic E-state index is 11.4. The van der Waals surface area contributed by atoms with Crippen LogP contribution in [-0.4, -0.2) is 22.6 Å². The fourth-order valence-electron chi connectivity index (χ4n) is 1.49. The lowest BCUT2D eigenvalue weighted by Crippen LogP contribution is -2.26. The number of hydrogen-bond donors (Lipinski definition) is 1. The topological polar surface area (TPSA) is 46.9 Å². The van der Waals surface area contributed by atoms with E-state index in [0.717, 1.165) is 31.6 Å². The highest BCUT2D eigenvalue weighted by Gasteiger charge is 1.97. The van der Waals surface area contributed by atoms with Gasteiger partial charge in [0.15, 0.2) is 0 Å². The molecule has 1 heterocycles.